The molecular weight excluding hydrogens is 258 g/mol. The predicted octanol–water partition coefficient (Wildman–Crippen LogP) is 2.05. The number of benzene rings is 1. The number of nitrogens with zero attached hydrogens (tertiary/aromatic N) is 2. The molecule has 0 bridgehead atoms. The summed E-state index contributed by atoms with van der Waals surface area (Å²) >= 11 is 0. The topological polar surface area (TPSA) is 76.4 Å². The second kappa shape index (κ2) is 5.64. The molecule has 0 fully saturated rings. The summed E-state index contributed by atoms with van der Waals surface area (Å²) < 4.78 is 6.90. The number of ether oxygens (including phenoxy) is 1. The molecule has 2 rings (SSSR count). The zero-order valence-electron chi connectivity index (χ0n) is 11.7. The Hall–Kier alpha value is -2.50. The molecule has 0 saturated heterocycles. The molecule has 0 amide bonds. The maximum atomic E-state index is 11.2. The van der Waals surface area contributed by atoms with Gasteiger partial charge in [0, 0.05) is 30.9 Å². The molecule has 2 N–H and O–H groups in total. The van der Waals surface area contributed by atoms with E-state index in [0.29, 0.717) is 18.0 Å². The fourth-order valence-electron chi connectivity index (χ4n) is 1.89. The molecule has 0 unspecified atom stereocenters. The van der Waals surface area contributed by atoms with Gasteiger partial charge in [-0.25, -0.2) is 4.79 Å². The summed E-state index contributed by atoms with van der Waals surface area (Å²) in [6, 6.07) is 4.83. The summed E-state index contributed by atoms with van der Waals surface area (Å²) in [7, 11) is 3.41. The third-order valence-electron chi connectivity index (χ3n) is 3.26. The van der Waals surface area contributed by atoms with Gasteiger partial charge in [0.05, 0.1) is 24.6 Å². The minimum absolute atomic E-state index is 0.215. The number of carbonyl (C=O) groups is 1. The van der Waals surface area contributed by atoms with Crippen LogP contribution in [0.3, 0.4) is 0 Å². The van der Waals surface area contributed by atoms with Crippen LogP contribution < -0.4 is 10.1 Å². The number of anilines is 1. The van der Waals surface area contributed by atoms with Gasteiger partial charge in [-0.05, 0) is 19.1 Å². The van der Waals surface area contributed by atoms with E-state index >= 15 is 0 Å². The summed E-state index contributed by atoms with van der Waals surface area (Å²) in [4.78, 5) is 11.2. The first-order valence-electron chi connectivity index (χ1n) is 6.15. The highest BCUT2D eigenvalue weighted by Crippen LogP contribution is 2.23. The highest BCUT2D eigenvalue weighted by Gasteiger charge is 2.12. The van der Waals surface area contributed by atoms with Crippen LogP contribution in [0.25, 0.3) is 0 Å². The van der Waals surface area contributed by atoms with Crippen molar-refractivity contribution in [3.05, 3.63) is 41.2 Å². The average Bonchev–Trinajstić information content (AvgIpc) is 2.76. The third kappa shape index (κ3) is 2.74. The first kappa shape index (κ1) is 13.9. The van der Waals surface area contributed by atoms with Crippen LogP contribution >= 0.6 is 0 Å². The Kier molecular flexibility index (Phi) is 3.93. The molecule has 2 aromatic rings. The van der Waals surface area contributed by atoms with Crippen molar-refractivity contribution in [2.24, 2.45) is 7.05 Å². The number of carboxylic acid groups (broad SMARTS) is 1. The second-order valence-electron chi connectivity index (χ2n) is 4.45. The number of rotatable bonds is 5. The molecule has 0 spiro atoms. The van der Waals surface area contributed by atoms with Crippen LogP contribution in [0.15, 0.2) is 24.4 Å². The molecule has 0 aliphatic heterocycles. The van der Waals surface area contributed by atoms with Crippen molar-refractivity contribution in [3.8, 4) is 5.75 Å². The highest BCUT2D eigenvalue weighted by molar-refractivity contribution is 5.94. The van der Waals surface area contributed by atoms with E-state index in [1.165, 1.54) is 6.07 Å². The lowest BCUT2D eigenvalue weighted by Crippen LogP contribution is -2.07. The van der Waals surface area contributed by atoms with Gasteiger partial charge in [-0.1, -0.05) is 0 Å². The van der Waals surface area contributed by atoms with E-state index in [2.05, 4.69) is 10.4 Å². The molecular formula is C14H17N3O3. The van der Waals surface area contributed by atoms with Crippen molar-refractivity contribution < 1.29 is 14.6 Å². The van der Waals surface area contributed by atoms with Crippen molar-refractivity contribution in [1.82, 2.24) is 9.78 Å². The highest BCUT2D eigenvalue weighted by atomic mass is 16.5. The molecule has 1 heterocycles. The van der Waals surface area contributed by atoms with Crippen LogP contribution in [-0.2, 0) is 13.6 Å². The maximum absolute atomic E-state index is 11.2. The Bertz CT molecular complexity index is 635. The molecule has 6 nitrogen and oxygen atoms in total. The van der Waals surface area contributed by atoms with Gasteiger partial charge in [-0.2, -0.15) is 5.10 Å². The Morgan fingerprint density at radius 2 is 2.25 bits per heavy atom. The van der Waals surface area contributed by atoms with Crippen LogP contribution in [0, 0.1) is 6.92 Å². The van der Waals surface area contributed by atoms with Gasteiger partial charge in [-0.15, -0.1) is 0 Å². The van der Waals surface area contributed by atoms with Gasteiger partial charge in [-0.3, -0.25) is 4.68 Å². The van der Waals surface area contributed by atoms with Crippen molar-refractivity contribution >= 4 is 11.7 Å². The van der Waals surface area contributed by atoms with E-state index in [0.717, 1.165) is 11.3 Å². The Morgan fingerprint density at radius 3 is 2.80 bits per heavy atom. The van der Waals surface area contributed by atoms with Crippen LogP contribution in [0.2, 0.25) is 0 Å². The van der Waals surface area contributed by atoms with Crippen molar-refractivity contribution in [3.63, 3.8) is 0 Å². The lowest BCUT2D eigenvalue weighted by molar-refractivity contribution is 0.0698. The normalized spacial score (nSPS) is 10.3. The minimum Gasteiger partial charge on any atom is -0.497 e. The van der Waals surface area contributed by atoms with E-state index in [9.17, 15) is 9.90 Å². The Morgan fingerprint density at radius 1 is 1.50 bits per heavy atom. The Balaban J connectivity index is 2.23. The lowest BCUT2D eigenvalue weighted by Gasteiger charge is -2.11. The van der Waals surface area contributed by atoms with Gasteiger partial charge in [0.1, 0.15) is 5.75 Å². The van der Waals surface area contributed by atoms with Gasteiger partial charge in [0.2, 0.25) is 0 Å². The summed E-state index contributed by atoms with van der Waals surface area (Å²) in [5.41, 5.74) is 2.80. The fourth-order valence-corrected chi connectivity index (χ4v) is 1.89. The lowest BCUT2D eigenvalue weighted by atomic mass is 10.1. The van der Waals surface area contributed by atoms with Crippen LogP contribution in [-0.4, -0.2) is 28.0 Å². The van der Waals surface area contributed by atoms with E-state index in [4.69, 9.17) is 4.74 Å². The second-order valence-corrected chi connectivity index (χ2v) is 4.45. The first-order valence-corrected chi connectivity index (χ1v) is 6.15. The maximum Gasteiger partial charge on any atom is 0.337 e. The third-order valence-corrected chi connectivity index (χ3v) is 3.26. The number of methoxy groups -OCH3 is 1. The number of aromatic carboxylic acids is 1. The monoisotopic (exact) mass is 275 g/mol. The Labute approximate surface area is 117 Å². The zero-order valence-corrected chi connectivity index (χ0v) is 11.7. The predicted molar refractivity (Wildman–Crippen MR) is 75.2 cm³/mol. The number of aromatic nitrogens is 2. The summed E-state index contributed by atoms with van der Waals surface area (Å²) in [6.45, 7) is 2.47. The van der Waals surface area contributed by atoms with E-state index in [1.54, 1.807) is 30.1 Å². The smallest absolute Gasteiger partial charge is 0.337 e. The van der Waals surface area contributed by atoms with E-state index in [-0.39, 0.29) is 5.56 Å². The van der Waals surface area contributed by atoms with Crippen LogP contribution in [0.5, 0.6) is 5.75 Å². The van der Waals surface area contributed by atoms with Crippen molar-refractivity contribution in [1.29, 1.82) is 0 Å². The summed E-state index contributed by atoms with van der Waals surface area (Å²) in [5.74, 6) is -0.363. The quantitative estimate of drug-likeness (QED) is 0.873. The molecule has 106 valence electrons. The minimum atomic E-state index is -0.974. The number of aryl methyl sites for hydroxylation is 1. The first-order chi connectivity index (χ1) is 9.52. The average molecular weight is 275 g/mol. The molecule has 1 aromatic carbocycles. The van der Waals surface area contributed by atoms with Crippen molar-refractivity contribution in [2.75, 3.05) is 12.4 Å². The van der Waals surface area contributed by atoms with Crippen LogP contribution in [0.4, 0.5) is 5.69 Å². The molecule has 0 radical (unpaired) electrons. The standard InChI is InChI=1S/C14H17N3O3/c1-9-10(8-16-17(9)2)7-15-13-6-11(20-3)4-5-12(13)14(18)19/h4-6,8,15H,7H2,1-3H3,(H,18,19). The summed E-state index contributed by atoms with van der Waals surface area (Å²) in [6.07, 6.45) is 1.77. The fraction of sp³-hybridized carbons (Fsp3) is 0.286. The SMILES string of the molecule is COc1ccc(C(=O)O)c(NCc2cnn(C)c2C)c1. The number of hydrogen-bond donors (Lipinski definition) is 2. The molecule has 0 aliphatic rings. The van der Waals surface area contributed by atoms with Gasteiger partial charge in [0.15, 0.2) is 0 Å². The molecule has 6 heteroatoms. The number of carboxylic acids is 1. The molecule has 20 heavy (non-hydrogen) atoms. The zero-order chi connectivity index (χ0) is 14.7. The van der Waals surface area contributed by atoms with E-state index < -0.39 is 5.97 Å². The van der Waals surface area contributed by atoms with Gasteiger partial charge in [0.25, 0.3) is 0 Å². The van der Waals surface area contributed by atoms with Gasteiger partial charge < -0.3 is 15.2 Å². The molecule has 0 aliphatic carbocycles. The summed E-state index contributed by atoms with van der Waals surface area (Å²) in [5, 5.41) is 16.5. The van der Waals surface area contributed by atoms with Crippen molar-refractivity contribution in [2.45, 2.75) is 13.5 Å². The number of nitrogens with one attached hydrogen (secondary N) is 1. The van der Waals surface area contributed by atoms with Crippen LogP contribution in [0.1, 0.15) is 21.6 Å². The molecule has 0 atom stereocenters. The number of hydrogen-bond acceptors (Lipinski definition) is 4. The molecule has 0 saturated carbocycles. The largest absolute Gasteiger partial charge is 0.497 e. The van der Waals surface area contributed by atoms with Gasteiger partial charge >= 0.3 is 5.97 Å². The van der Waals surface area contributed by atoms with E-state index in [1.807, 2.05) is 14.0 Å². The molecule has 1 aromatic heterocycles.